The molecule has 4 heteroatoms. The maximum Gasteiger partial charge on any atom is 0.126 e. The summed E-state index contributed by atoms with van der Waals surface area (Å²) in [6, 6.07) is 16.3. The van der Waals surface area contributed by atoms with Gasteiger partial charge >= 0.3 is 0 Å². The Bertz CT molecular complexity index is 707. The van der Waals surface area contributed by atoms with Gasteiger partial charge in [-0.1, -0.05) is 36.4 Å². The smallest absolute Gasteiger partial charge is 0.126 e. The van der Waals surface area contributed by atoms with E-state index in [1.807, 2.05) is 36.4 Å². The summed E-state index contributed by atoms with van der Waals surface area (Å²) in [6.07, 6.45) is 0.775. The number of hydrogen-bond donors (Lipinski definition) is 1. The summed E-state index contributed by atoms with van der Waals surface area (Å²) in [5.41, 5.74) is 3.25. The van der Waals surface area contributed by atoms with E-state index >= 15 is 0 Å². The van der Waals surface area contributed by atoms with Crippen molar-refractivity contribution in [1.82, 2.24) is 9.97 Å². The third kappa shape index (κ3) is 3.47. The second kappa shape index (κ2) is 6.50. The molecule has 0 saturated heterocycles. The maximum absolute atomic E-state index is 4.71. The fourth-order valence-corrected chi connectivity index (χ4v) is 2.96. The average Bonchev–Trinajstić information content (AvgIpc) is 2.97. The van der Waals surface area contributed by atoms with Gasteiger partial charge in [-0.05, 0) is 19.1 Å². The zero-order valence-electron chi connectivity index (χ0n) is 11.9. The maximum atomic E-state index is 4.71. The zero-order valence-corrected chi connectivity index (χ0v) is 12.7. The van der Waals surface area contributed by atoms with Crippen LogP contribution in [0.1, 0.15) is 17.6 Å². The molecule has 3 rings (SSSR count). The third-order valence-electron chi connectivity index (χ3n) is 3.12. The number of hydrogen-bond acceptors (Lipinski definition) is 4. The summed E-state index contributed by atoms with van der Waals surface area (Å²) in [7, 11) is 0. The van der Waals surface area contributed by atoms with E-state index in [0.717, 1.165) is 40.7 Å². The van der Waals surface area contributed by atoms with E-state index in [1.54, 1.807) is 11.3 Å². The van der Waals surface area contributed by atoms with Gasteiger partial charge in [0.25, 0.3) is 0 Å². The number of nitrogens with one attached hydrogen (secondary N) is 1. The summed E-state index contributed by atoms with van der Waals surface area (Å²) in [5.74, 6) is 0.926. The Morgan fingerprint density at radius 1 is 1.00 bits per heavy atom. The molecule has 0 atom stereocenters. The molecule has 0 aliphatic carbocycles. The van der Waals surface area contributed by atoms with Crippen LogP contribution >= 0.6 is 11.3 Å². The normalized spacial score (nSPS) is 10.5. The molecule has 2 heterocycles. The van der Waals surface area contributed by atoms with E-state index in [0.29, 0.717) is 0 Å². The van der Waals surface area contributed by atoms with Crippen molar-refractivity contribution in [2.24, 2.45) is 0 Å². The van der Waals surface area contributed by atoms with Crippen LogP contribution in [0.2, 0.25) is 0 Å². The largest absolute Gasteiger partial charge is 0.370 e. The first-order valence-electron chi connectivity index (χ1n) is 7.05. The molecule has 0 unspecified atom stereocenters. The van der Waals surface area contributed by atoms with E-state index in [9.17, 15) is 0 Å². The summed E-state index contributed by atoms with van der Waals surface area (Å²) >= 11 is 1.69. The Labute approximate surface area is 128 Å². The highest BCUT2D eigenvalue weighted by Gasteiger charge is 2.06. The topological polar surface area (TPSA) is 37.8 Å². The molecule has 0 fully saturated rings. The lowest BCUT2D eigenvalue weighted by molar-refractivity contribution is 1.04. The molecule has 1 aromatic carbocycles. The summed E-state index contributed by atoms with van der Waals surface area (Å²) in [6.45, 7) is 2.95. The quantitative estimate of drug-likeness (QED) is 0.765. The Balaban J connectivity index is 1.77. The fourth-order valence-electron chi connectivity index (χ4n) is 2.15. The Morgan fingerprint density at radius 3 is 2.67 bits per heavy atom. The van der Waals surface area contributed by atoms with Gasteiger partial charge < -0.3 is 5.32 Å². The van der Waals surface area contributed by atoms with E-state index in [1.165, 1.54) is 0 Å². The number of thiazole rings is 1. The highest BCUT2D eigenvalue weighted by atomic mass is 32.1. The summed E-state index contributed by atoms with van der Waals surface area (Å²) in [5, 5.41) is 6.44. The van der Waals surface area contributed by atoms with Gasteiger partial charge in [-0.15, -0.1) is 11.3 Å². The van der Waals surface area contributed by atoms with Crippen molar-refractivity contribution in [3.63, 3.8) is 0 Å². The number of benzene rings is 1. The molecule has 0 radical (unpaired) electrons. The highest BCUT2D eigenvalue weighted by molar-refractivity contribution is 7.10. The van der Waals surface area contributed by atoms with Crippen molar-refractivity contribution in [2.75, 3.05) is 11.9 Å². The molecule has 106 valence electrons. The van der Waals surface area contributed by atoms with Gasteiger partial charge in [-0.25, -0.2) is 9.97 Å². The van der Waals surface area contributed by atoms with E-state index < -0.39 is 0 Å². The lowest BCUT2D eigenvalue weighted by Crippen LogP contribution is -2.01. The first-order valence-corrected chi connectivity index (χ1v) is 7.93. The molecule has 0 bridgehead atoms. The zero-order chi connectivity index (χ0) is 14.5. The molecule has 0 saturated carbocycles. The van der Waals surface area contributed by atoms with Crippen LogP contribution in [0.25, 0.3) is 11.3 Å². The number of aromatic nitrogens is 2. The third-order valence-corrected chi connectivity index (χ3v) is 3.97. The molecule has 0 aliphatic rings. The van der Waals surface area contributed by atoms with E-state index in [4.69, 9.17) is 4.98 Å². The highest BCUT2D eigenvalue weighted by Crippen LogP contribution is 2.23. The molecular formula is C17H17N3S. The Hall–Kier alpha value is -2.20. The van der Waals surface area contributed by atoms with Crippen molar-refractivity contribution >= 4 is 17.2 Å². The van der Waals surface area contributed by atoms with Gasteiger partial charge in [0.1, 0.15) is 5.82 Å². The van der Waals surface area contributed by atoms with Crippen LogP contribution in [0, 0.1) is 0 Å². The Kier molecular flexibility index (Phi) is 4.26. The van der Waals surface area contributed by atoms with Gasteiger partial charge in [0.2, 0.25) is 0 Å². The van der Waals surface area contributed by atoms with Crippen molar-refractivity contribution < 1.29 is 0 Å². The first-order chi connectivity index (χ1) is 10.3. The van der Waals surface area contributed by atoms with Crippen LogP contribution in [0.5, 0.6) is 0 Å². The monoisotopic (exact) mass is 295 g/mol. The van der Waals surface area contributed by atoms with Crippen LogP contribution in [-0.4, -0.2) is 16.5 Å². The molecule has 0 spiro atoms. The number of nitrogens with zero attached hydrogens (tertiary/aromatic N) is 2. The second-order valence-corrected chi connectivity index (χ2v) is 5.66. The van der Waals surface area contributed by atoms with Gasteiger partial charge in [-0.3, -0.25) is 0 Å². The predicted molar refractivity (Wildman–Crippen MR) is 88.8 cm³/mol. The summed E-state index contributed by atoms with van der Waals surface area (Å²) in [4.78, 5) is 9.30. The molecular weight excluding hydrogens is 278 g/mol. The minimum Gasteiger partial charge on any atom is -0.370 e. The number of rotatable bonds is 5. The molecule has 0 aliphatic heterocycles. The SMILES string of the molecule is CCNc1cccc(Cc2nc(-c3ccccc3)cs2)n1. The van der Waals surface area contributed by atoms with Crippen molar-refractivity contribution in [1.29, 1.82) is 0 Å². The van der Waals surface area contributed by atoms with Crippen LogP contribution in [0.3, 0.4) is 0 Å². The minimum atomic E-state index is 0.775. The van der Waals surface area contributed by atoms with Crippen LogP contribution in [0.4, 0.5) is 5.82 Å². The summed E-state index contributed by atoms with van der Waals surface area (Å²) < 4.78 is 0. The number of anilines is 1. The molecule has 21 heavy (non-hydrogen) atoms. The van der Waals surface area contributed by atoms with Gasteiger partial charge in [0.05, 0.1) is 10.7 Å². The molecule has 0 amide bonds. The van der Waals surface area contributed by atoms with Crippen molar-refractivity contribution in [3.05, 3.63) is 64.6 Å². The van der Waals surface area contributed by atoms with Crippen LogP contribution in [-0.2, 0) is 6.42 Å². The number of pyridine rings is 1. The minimum absolute atomic E-state index is 0.775. The fraction of sp³-hybridized carbons (Fsp3) is 0.176. The molecule has 3 aromatic rings. The molecule has 1 N–H and O–H groups in total. The average molecular weight is 295 g/mol. The van der Waals surface area contributed by atoms with Gasteiger partial charge in [-0.2, -0.15) is 0 Å². The van der Waals surface area contributed by atoms with Crippen molar-refractivity contribution in [3.8, 4) is 11.3 Å². The van der Waals surface area contributed by atoms with E-state index in [-0.39, 0.29) is 0 Å². The van der Waals surface area contributed by atoms with Crippen LogP contribution < -0.4 is 5.32 Å². The van der Waals surface area contributed by atoms with Crippen molar-refractivity contribution in [2.45, 2.75) is 13.3 Å². The van der Waals surface area contributed by atoms with Gasteiger partial charge in [0.15, 0.2) is 0 Å². The van der Waals surface area contributed by atoms with Gasteiger partial charge in [0, 0.05) is 29.6 Å². The van der Waals surface area contributed by atoms with E-state index in [2.05, 4.69) is 34.7 Å². The lowest BCUT2D eigenvalue weighted by Gasteiger charge is -2.04. The first kappa shape index (κ1) is 13.8. The Morgan fingerprint density at radius 2 is 1.86 bits per heavy atom. The molecule has 3 nitrogen and oxygen atoms in total. The standard InChI is InChI=1S/C17H17N3S/c1-2-18-16-10-6-9-14(19-16)11-17-20-15(12-21-17)13-7-4-3-5-8-13/h3-10,12H,2,11H2,1H3,(H,18,19). The second-order valence-electron chi connectivity index (χ2n) is 4.71. The predicted octanol–water partition coefficient (Wildman–Crippen LogP) is 4.23. The molecule has 2 aromatic heterocycles. The van der Waals surface area contributed by atoms with Crippen LogP contribution in [0.15, 0.2) is 53.9 Å². The lowest BCUT2D eigenvalue weighted by atomic mass is 10.2.